The summed E-state index contributed by atoms with van der Waals surface area (Å²) in [4.78, 5) is 14.4. The van der Waals surface area contributed by atoms with Crippen molar-refractivity contribution in [3.05, 3.63) is 54.1 Å². The van der Waals surface area contributed by atoms with Crippen LogP contribution in [0, 0.1) is 0 Å². The third kappa shape index (κ3) is 3.58. The lowest BCUT2D eigenvalue weighted by atomic mass is 10.1. The molecule has 0 bridgehead atoms. The fraction of sp³-hybridized carbons (Fsp3) is 0.278. The van der Waals surface area contributed by atoms with Crippen LogP contribution in [0.25, 0.3) is 0 Å². The molecule has 0 atom stereocenters. The highest BCUT2D eigenvalue weighted by atomic mass is 16.1. The fourth-order valence-corrected chi connectivity index (χ4v) is 2.76. The van der Waals surface area contributed by atoms with Gasteiger partial charge in [-0.2, -0.15) is 0 Å². The molecule has 22 heavy (non-hydrogen) atoms. The Kier molecular flexibility index (Phi) is 4.28. The van der Waals surface area contributed by atoms with Gasteiger partial charge in [0.2, 0.25) is 5.91 Å². The number of hydrogen-bond acceptors (Lipinski definition) is 3. The third-order valence-electron chi connectivity index (χ3n) is 3.97. The first-order valence-corrected chi connectivity index (χ1v) is 7.70. The zero-order chi connectivity index (χ0) is 15.4. The molecule has 0 spiro atoms. The Balaban J connectivity index is 1.57. The van der Waals surface area contributed by atoms with Gasteiger partial charge in [0.25, 0.3) is 0 Å². The molecule has 0 aliphatic carbocycles. The first-order valence-electron chi connectivity index (χ1n) is 7.70. The first-order chi connectivity index (χ1) is 10.7. The molecule has 1 heterocycles. The van der Waals surface area contributed by atoms with Crippen molar-refractivity contribution in [2.75, 3.05) is 29.0 Å². The SMILES string of the molecule is Nc1ccc(CC(=O)Nc2ccc(N3CCCC3)cc2)cc1. The summed E-state index contributed by atoms with van der Waals surface area (Å²) in [5, 5.41) is 2.93. The van der Waals surface area contributed by atoms with Gasteiger partial charge in [-0.05, 0) is 54.8 Å². The number of benzene rings is 2. The van der Waals surface area contributed by atoms with Crippen LogP contribution < -0.4 is 16.0 Å². The van der Waals surface area contributed by atoms with Crippen molar-refractivity contribution in [3.63, 3.8) is 0 Å². The van der Waals surface area contributed by atoms with E-state index < -0.39 is 0 Å². The van der Waals surface area contributed by atoms with Crippen LogP contribution in [0.1, 0.15) is 18.4 Å². The van der Waals surface area contributed by atoms with E-state index >= 15 is 0 Å². The van der Waals surface area contributed by atoms with Crippen LogP contribution in [-0.4, -0.2) is 19.0 Å². The maximum atomic E-state index is 12.1. The number of nitrogens with zero attached hydrogens (tertiary/aromatic N) is 1. The molecule has 2 aromatic carbocycles. The maximum Gasteiger partial charge on any atom is 0.228 e. The zero-order valence-corrected chi connectivity index (χ0v) is 12.6. The van der Waals surface area contributed by atoms with Gasteiger partial charge in [-0.3, -0.25) is 4.79 Å². The molecule has 1 aliphatic rings. The Bertz CT molecular complexity index is 628. The number of nitrogens with two attached hydrogens (primary N) is 1. The second-order valence-electron chi connectivity index (χ2n) is 5.71. The summed E-state index contributed by atoms with van der Waals surface area (Å²) in [6.45, 7) is 2.26. The van der Waals surface area contributed by atoms with Gasteiger partial charge < -0.3 is 16.0 Å². The van der Waals surface area contributed by atoms with Crippen molar-refractivity contribution in [3.8, 4) is 0 Å². The van der Waals surface area contributed by atoms with Gasteiger partial charge in [0, 0.05) is 30.2 Å². The molecule has 0 saturated carbocycles. The summed E-state index contributed by atoms with van der Waals surface area (Å²) in [5.41, 5.74) is 9.38. The highest BCUT2D eigenvalue weighted by molar-refractivity contribution is 5.92. The molecule has 3 rings (SSSR count). The fourth-order valence-electron chi connectivity index (χ4n) is 2.76. The molecule has 1 saturated heterocycles. The van der Waals surface area contributed by atoms with Crippen molar-refractivity contribution in [1.82, 2.24) is 0 Å². The minimum Gasteiger partial charge on any atom is -0.399 e. The van der Waals surface area contributed by atoms with Crippen LogP contribution in [0.5, 0.6) is 0 Å². The summed E-state index contributed by atoms with van der Waals surface area (Å²) < 4.78 is 0. The minimum atomic E-state index is -0.0151. The van der Waals surface area contributed by atoms with Crippen molar-refractivity contribution >= 4 is 23.0 Å². The number of amides is 1. The number of carbonyl (C=O) groups is 1. The number of carbonyl (C=O) groups excluding carboxylic acids is 1. The summed E-state index contributed by atoms with van der Waals surface area (Å²) in [6, 6.07) is 15.5. The first kappa shape index (κ1) is 14.4. The van der Waals surface area contributed by atoms with Crippen LogP contribution in [-0.2, 0) is 11.2 Å². The van der Waals surface area contributed by atoms with Crippen molar-refractivity contribution in [2.24, 2.45) is 0 Å². The highest BCUT2D eigenvalue weighted by Crippen LogP contribution is 2.22. The molecule has 0 unspecified atom stereocenters. The predicted octanol–water partition coefficient (Wildman–Crippen LogP) is 3.05. The largest absolute Gasteiger partial charge is 0.399 e. The van der Waals surface area contributed by atoms with E-state index in [1.54, 1.807) is 0 Å². The second-order valence-corrected chi connectivity index (χ2v) is 5.71. The Morgan fingerprint density at radius 3 is 2.27 bits per heavy atom. The lowest BCUT2D eigenvalue weighted by Gasteiger charge is -2.17. The van der Waals surface area contributed by atoms with Gasteiger partial charge >= 0.3 is 0 Å². The van der Waals surface area contributed by atoms with Gasteiger partial charge in [0.05, 0.1) is 6.42 Å². The monoisotopic (exact) mass is 295 g/mol. The van der Waals surface area contributed by atoms with Gasteiger partial charge in [-0.25, -0.2) is 0 Å². The number of nitrogens with one attached hydrogen (secondary N) is 1. The van der Waals surface area contributed by atoms with Gasteiger partial charge in [-0.15, -0.1) is 0 Å². The quantitative estimate of drug-likeness (QED) is 0.852. The lowest BCUT2D eigenvalue weighted by Crippen LogP contribution is -2.18. The number of rotatable bonds is 4. The average molecular weight is 295 g/mol. The van der Waals surface area contributed by atoms with E-state index in [2.05, 4.69) is 22.3 Å². The standard InChI is InChI=1S/C18H21N3O/c19-15-5-3-14(4-6-15)13-18(22)20-16-7-9-17(10-8-16)21-11-1-2-12-21/h3-10H,1-2,11-13,19H2,(H,20,22). The summed E-state index contributed by atoms with van der Waals surface area (Å²) in [7, 11) is 0. The van der Waals surface area contributed by atoms with Crippen LogP contribution in [0.4, 0.5) is 17.1 Å². The molecule has 0 radical (unpaired) electrons. The van der Waals surface area contributed by atoms with Gasteiger partial charge in [0.1, 0.15) is 0 Å². The topological polar surface area (TPSA) is 58.4 Å². The zero-order valence-electron chi connectivity index (χ0n) is 12.6. The van der Waals surface area contributed by atoms with Gasteiger partial charge in [-0.1, -0.05) is 12.1 Å². The van der Waals surface area contributed by atoms with Crippen LogP contribution in [0.2, 0.25) is 0 Å². The van der Waals surface area contributed by atoms with Crippen molar-refractivity contribution in [2.45, 2.75) is 19.3 Å². The molecule has 1 fully saturated rings. The van der Waals surface area contributed by atoms with Gasteiger partial charge in [0.15, 0.2) is 0 Å². The van der Waals surface area contributed by atoms with E-state index in [1.165, 1.54) is 18.5 Å². The number of nitrogen functional groups attached to an aromatic ring is 1. The predicted molar refractivity (Wildman–Crippen MR) is 91.1 cm³/mol. The Morgan fingerprint density at radius 1 is 1.00 bits per heavy atom. The molecule has 4 heteroatoms. The summed E-state index contributed by atoms with van der Waals surface area (Å²) in [5.74, 6) is -0.0151. The molecule has 1 aliphatic heterocycles. The molecule has 1 amide bonds. The molecule has 4 nitrogen and oxygen atoms in total. The third-order valence-corrected chi connectivity index (χ3v) is 3.97. The van der Waals surface area contributed by atoms with Crippen LogP contribution in [0.3, 0.4) is 0 Å². The van der Waals surface area contributed by atoms with Crippen LogP contribution in [0.15, 0.2) is 48.5 Å². The maximum absolute atomic E-state index is 12.1. The average Bonchev–Trinajstić information content (AvgIpc) is 3.05. The number of hydrogen-bond donors (Lipinski definition) is 2. The van der Waals surface area contributed by atoms with E-state index in [4.69, 9.17) is 5.73 Å². The Morgan fingerprint density at radius 2 is 1.64 bits per heavy atom. The molecule has 0 aromatic heterocycles. The van der Waals surface area contributed by atoms with E-state index in [0.717, 1.165) is 24.3 Å². The van der Waals surface area contributed by atoms with Crippen molar-refractivity contribution in [1.29, 1.82) is 0 Å². The molecule has 3 N–H and O–H groups in total. The summed E-state index contributed by atoms with van der Waals surface area (Å²) >= 11 is 0. The molecule has 114 valence electrons. The highest BCUT2D eigenvalue weighted by Gasteiger charge is 2.12. The van der Waals surface area contributed by atoms with E-state index in [0.29, 0.717) is 12.1 Å². The Labute approximate surface area is 130 Å². The Hall–Kier alpha value is -2.49. The lowest BCUT2D eigenvalue weighted by molar-refractivity contribution is -0.115. The normalized spacial score (nSPS) is 14.1. The minimum absolute atomic E-state index is 0.0151. The van der Waals surface area contributed by atoms with E-state index in [-0.39, 0.29) is 5.91 Å². The number of anilines is 3. The molecule has 2 aromatic rings. The van der Waals surface area contributed by atoms with E-state index in [9.17, 15) is 4.79 Å². The van der Waals surface area contributed by atoms with Crippen LogP contribution >= 0.6 is 0 Å². The molecular weight excluding hydrogens is 274 g/mol. The summed E-state index contributed by atoms with van der Waals surface area (Å²) in [6.07, 6.45) is 2.88. The van der Waals surface area contributed by atoms with Crippen molar-refractivity contribution < 1.29 is 4.79 Å². The molecular formula is C18H21N3O. The van der Waals surface area contributed by atoms with E-state index in [1.807, 2.05) is 36.4 Å². The smallest absolute Gasteiger partial charge is 0.228 e. The second kappa shape index (κ2) is 6.52.